The first kappa shape index (κ1) is 13.0. The second-order valence-corrected chi connectivity index (χ2v) is 3.82. The predicted molar refractivity (Wildman–Crippen MR) is 62.7 cm³/mol. The van der Waals surface area contributed by atoms with Crippen LogP contribution in [-0.4, -0.2) is 23.4 Å². The SMILES string of the molecule is CCCOCC(NN)c1cc(C)nnc1C. The zero-order valence-electron chi connectivity index (χ0n) is 10.2. The molecule has 0 fully saturated rings. The van der Waals surface area contributed by atoms with Crippen LogP contribution in [0, 0.1) is 13.8 Å². The first-order valence-corrected chi connectivity index (χ1v) is 5.53. The summed E-state index contributed by atoms with van der Waals surface area (Å²) in [6, 6.07) is 1.96. The van der Waals surface area contributed by atoms with Crippen molar-refractivity contribution in [1.82, 2.24) is 15.6 Å². The van der Waals surface area contributed by atoms with Gasteiger partial charge in [-0.1, -0.05) is 6.92 Å². The van der Waals surface area contributed by atoms with Gasteiger partial charge in [-0.05, 0) is 31.9 Å². The van der Waals surface area contributed by atoms with Crippen molar-refractivity contribution in [3.8, 4) is 0 Å². The molecule has 5 heteroatoms. The van der Waals surface area contributed by atoms with Crippen LogP contribution in [0.5, 0.6) is 0 Å². The number of ether oxygens (including phenoxy) is 1. The van der Waals surface area contributed by atoms with E-state index in [1.165, 1.54) is 0 Å². The molecule has 1 atom stereocenters. The molecule has 16 heavy (non-hydrogen) atoms. The van der Waals surface area contributed by atoms with Crippen LogP contribution in [0.25, 0.3) is 0 Å². The quantitative estimate of drug-likeness (QED) is 0.429. The summed E-state index contributed by atoms with van der Waals surface area (Å²) in [6.45, 7) is 7.21. The largest absolute Gasteiger partial charge is 0.379 e. The number of rotatable bonds is 6. The molecule has 0 bridgehead atoms. The van der Waals surface area contributed by atoms with Crippen molar-refractivity contribution in [3.05, 3.63) is 23.0 Å². The monoisotopic (exact) mass is 224 g/mol. The van der Waals surface area contributed by atoms with Crippen molar-refractivity contribution >= 4 is 0 Å². The number of nitrogens with zero attached hydrogens (tertiary/aromatic N) is 2. The summed E-state index contributed by atoms with van der Waals surface area (Å²) >= 11 is 0. The van der Waals surface area contributed by atoms with E-state index in [2.05, 4.69) is 22.5 Å². The average Bonchev–Trinajstić information content (AvgIpc) is 2.28. The van der Waals surface area contributed by atoms with Crippen LogP contribution in [0.15, 0.2) is 6.07 Å². The molecule has 1 unspecified atom stereocenters. The van der Waals surface area contributed by atoms with Crippen LogP contribution in [-0.2, 0) is 4.74 Å². The zero-order valence-corrected chi connectivity index (χ0v) is 10.2. The van der Waals surface area contributed by atoms with Gasteiger partial charge in [-0.15, -0.1) is 0 Å². The topological polar surface area (TPSA) is 73.1 Å². The van der Waals surface area contributed by atoms with E-state index in [1.807, 2.05) is 19.9 Å². The first-order chi connectivity index (χ1) is 7.69. The number of aromatic nitrogens is 2. The lowest BCUT2D eigenvalue weighted by molar-refractivity contribution is 0.111. The molecule has 0 aliphatic heterocycles. The molecular formula is C11H20N4O. The molecule has 0 aliphatic rings. The summed E-state index contributed by atoms with van der Waals surface area (Å²) in [6.07, 6.45) is 1.00. The molecule has 5 nitrogen and oxygen atoms in total. The molecule has 0 saturated heterocycles. The van der Waals surface area contributed by atoms with Gasteiger partial charge in [0.1, 0.15) is 0 Å². The van der Waals surface area contributed by atoms with Gasteiger partial charge in [0.25, 0.3) is 0 Å². The maximum Gasteiger partial charge on any atom is 0.0712 e. The molecule has 0 amide bonds. The highest BCUT2D eigenvalue weighted by molar-refractivity contribution is 5.23. The Labute approximate surface area is 96.4 Å². The predicted octanol–water partition coefficient (Wildman–Crippen LogP) is 1.02. The van der Waals surface area contributed by atoms with Crippen LogP contribution >= 0.6 is 0 Å². The molecule has 1 aromatic rings. The van der Waals surface area contributed by atoms with Gasteiger partial charge in [-0.3, -0.25) is 11.3 Å². The molecule has 1 aromatic heterocycles. The van der Waals surface area contributed by atoms with E-state index in [0.29, 0.717) is 6.61 Å². The zero-order chi connectivity index (χ0) is 12.0. The minimum Gasteiger partial charge on any atom is -0.379 e. The summed E-state index contributed by atoms with van der Waals surface area (Å²) in [5, 5.41) is 8.07. The van der Waals surface area contributed by atoms with Crippen LogP contribution < -0.4 is 11.3 Å². The Hall–Kier alpha value is -1.04. The molecule has 0 spiro atoms. The lowest BCUT2D eigenvalue weighted by atomic mass is 10.1. The number of nitrogens with one attached hydrogen (secondary N) is 1. The van der Waals surface area contributed by atoms with Gasteiger partial charge < -0.3 is 4.74 Å². The molecule has 1 rings (SSSR count). The molecule has 0 radical (unpaired) electrons. The van der Waals surface area contributed by atoms with Crippen LogP contribution in [0.4, 0.5) is 0 Å². The van der Waals surface area contributed by atoms with Crippen molar-refractivity contribution in [1.29, 1.82) is 0 Å². The van der Waals surface area contributed by atoms with Gasteiger partial charge in [0, 0.05) is 6.61 Å². The summed E-state index contributed by atoms with van der Waals surface area (Å²) < 4.78 is 5.49. The van der Waals surface area contributed by atoms with E-state index in [4.69, 9.17) is 10.6 Å². The lowest BCUT2D eigenvalue weighted by Crippen LogP contribution is -2.32. The van der Waals surface area contributed by atoms with E-state index in [1.54, 1.807) is 0 Å². The Morgan fingerprint density at radius 1 is 1.44 bits per heavy atom. The van der Waals surface area contributed by atoms with Crippen molar-refractivity contribution in [2.45, 2.75) is 33.2 Å². The van der Waals surface area contributed by atoms with E-state index in [-0.39, 0.29) is 6.04 Å². The number of hydrogen-bond donors (Lipinski definition) is 2. The normalized spacial score (nSPS) is 12.8. The Bertz CT molecular complexity index is 330. The third-order valence-corrected chi connectivity index (χ3v) is 2.35. The van der Waals surface area contributed by atoms with E-state index < -0.39 is 0 Å². The van der Waals surface area contributed by atoms with Gasteiger partial charge >= 0.3 is 0 Å². The molecule has 90 valence electrons. The highest BCUT2D eigenvalue weighted by Crippen LogP contribution is 2.15. The van der Waals surface area contributed by atoms with E-state index >= 15 is 0 Å². The van der Waals surface area contributed by atoms with Crippen LogP contribution in [0.1, 0.15) is 36.3 Å². The van der Waals surface area contributed by atoms with E-state index in [0.717, 1.165) is 30.0 Å². The number of hydrogen-bond acceptors (Lipinski definition) is 5. The maximum atomic E-state index is 5.53. The Morgan fingerprint density at radius 2 is 2.19 bits per heavy atom. The van der Waals surface area contributed by atoms with Crippen LogP contribution in [0.3, 0.4) is 0 Å². The van der Waals surface area contributed by atoms with Gasteiger partial charge in [0.15, 0.2) is 0 Å². The molecule has 0 aromatic carbocycles. The summed E-state index contributed by atoms with van der Waals surface area (Å²) in [4.78, 5) is 0. The summed E-state index contributed by atoms with van der Waals surface area (Å²) in [5.41, 5.74) is 5.57. The third kappa shape index (κ3) is 3.52. The van der Waals surface area contributed by atoms with Crippen molar-refractivity contribution < 1.29 is 4.74 Å². The highest BCUT2D eigenvalue weighted by Gasteiger charge is 2.13. The fourth-order valence-corrected chi connectivity index (χ4v) is 1.50. The van der Waals surface area contributed by atoms with Gasteiger partial charge in [-0.2, -0.15) is 10.2 Å². The Balaban J connectivity index is 2.73. The molecule has 0 aliphatic carbocycles. The highest BCUT2D eigenvalue weighted by atomic mass is 16.5. The van der Waals surface area contributed by atoms with Gasteiger partial charge in [0.05, 0.1) is 24.0 Å². The number of hydrazine groups is 1. The Morgan fingerprint density at radius 3 is 2.81 bits per heavy atom. The Kier molecular flexibility index (Phi) is 5.31. The average molecular weight is 224 g/mol. The summed E-state index contributed by atoms with van der Waals surface area (Å²) in [7, 11) is 0. The first-order valence-electron chi connectivity index (χ1n) is 5.53. The fraction of sp³-hybridized carbons (Fsp3) is 0.636. The van der Waals surface area contributed by atoms with Crippen LogP contribution in [0.2, 0.25) is 0 Å². The third-order valence-electron chi connectivity index (χ3n) is 2.35. The van der Waals surface area contributed by atoms with E-state index in [9.17, 15) is 0 Å². The minimum atomic E-state index is -0.0271. The number of nitrogens with two attached hydrogens (primary N) is 1. The van der Waals surface area contributed by atoms with Crippen molar-refractivity contribution in [3.63, 3.8) is 0 Å². The lowest BCUT2D eigenvalue weighted by Gasteiger charge is -2.17. The second kappa shape index (κ2) is 6.52. The molecule has 1 heterocycles. The standard InChI is InChI=1S/C11H20N4O/c1-4-5-16-7-11(13-12)10-6-8(2)14-15-9(10)3/h6,11,13H,4-5,7,12H2,1-3H3. The fourth-order valence-electron chi connectivity index (χ4n) is 1.50. The molecular weight excluding hydrogens is 204 g/mol. The molecule has 0 saturated carbocycles. The van der Waals surface area contributed by atoms with Gasteiger partial charge in [-0.25, -0.2) is 0 Å². The molecule has 3 N–H and O–H groups in total. The minimum absolute atomic E-state index is 0.0271. The van der Waals surface area contributed by atoms with Crippen molar-refractivity contribution in [2.24, 2.45) is 5.84 Å². The van der Waals surface area contributed by atoms with Crippen molar-refractivity contribution in [2.75, 3.05) is 13.2 Å². The number of aryl methyl sites for hydroxylation is 2. The van der Waals surface area contributed by atoms with Gasteiger partial charge in [0.2, 0.25) is 0 Å². The smallest absolute Gasteiger partial charge is 0.0712 e. The maximum absolute atomic E-state index is 5.53. The second-order valence-electron chi connectivity index (χ2n) is 3.82. The summed E-state index contributed by atoms with van der Waals surface area (Å²) in [5.74, 6) is 5.53.